The van der Waals surface area contributed by atoms with Crippen LogP contribution in [0.3, 0.4) is 0 Å². The lowest BCUT2D eigenvalue weighted by molar-refractivity contribution is -0.389. The van der Waals surface area contributed by atoms with Gasteiger partial charge in [0.05, 0.1) is 65.1 Å². The number of carbonyl (C=O) groups excluding carboxylic acids is 1. The fraction of sp³-hybridized carbons (Fsp3) is 0.377. The Morgan fingerprint density at radius 3 is 1.04 bits per heavy atom. The highest BCUT2D eigenvalue weighted by atomic mass is 16.8. The second-order valence-electron chi connectivity index (χ2n) is 21.3. The number of benzene rings is 7. The second-order valence-corrected chi connectivity index (χ2v) is 21.3. The summed E-state index contributed by atoms with van der Waals surface area (Å²) in [6.45, 7) is 6.32. The van der Waals surface area contributed by atoms with E-state index in [0.717, 1.165) is 38.9 Å². The number of aliphatic hydroxyl groups excluding tert-OH is 1. The molecule has 15 heteroatoms. The molecule has 7 aromatic carbocycles. The maximum Gasteiger partial charge on any atom is 0.303 e. The lowest BCUT2D eigenvalue weighted by Gasteiger charge is -2.51. The van der Waals surface area contributed by atoms with E-state index in [2.05, 4.69) is 0 Å². The Bertz CT molecular complexity index is 2970. The van der Waals surface area contributed by atoms with Gasteiger partial charge >= 0.3 is 5.97 Å². The van der Waals surface area contributed by atoms with E-state index >= 15 is 0 Å². The number of aliphatic hydroxyl groups is 1. The number of rotatable bonds is 27. The van der Waals surface area contributed by atoms with Gasteiger partial charge in [-0.1, -0.05) is 212 Å². The molecule has 3 heterocycles. The third-order valence-corrected chi connectivity index (χ3v) is 15.1. The van der Waals surface area contributed by atoms with Gasteiger partial charge < -0.3 is 66.7 Å². The van der Waals surface area contributed by atoms with Gasteiger partial charge in [-0.25, -0.2) is 0 Å². The molecule has 3 saturated heterocycles. The van der Waals surface area contributed by atoms with Crippen LogP contribution in [0.1, 0.15) is 59.7 Å². The van der Waals surface area contributed by atoms with Crippen molar-refractivity contribution < 1.29 is 71.5 Å². The Kier molecular flexibility index (Phi) is 22.4. The van der Waals surface area contributed by atoms with Gasteiger partial charge in [0.15, 0.2) is 25.0 Å². The number of hydrogen-bond acceptors (Lipinski definition) is 15. The highest BCUT2D eigenvalue weighted by Crippen LogP contribution is 2.39. The minimum absolute atomic E-state index is 0.0198. The smallest absolute Gasteiger partial charge is 0.303 e. The molecule has 0 spiro atoms. The summed E-state index contributed by atoms with van der Waals surface area (Å²) < 4.78 is 89.2. The van der Waals surface area contributed by atoms with E-state index < -0.39 is 98.1 Å². The normalized spacial score (nSPS) is 27.9. The Hall–Kier alpha value is -6.51. The molecular weight excluding hydrogens is 1070 g/mol. The van der Waals surface area contributed by atoms with E-state index in [4.69, 9.17) is 61.6 Å². The first-order chi connectivity index (χ1) is 41.2. The molecule has 0 saturated carbocycles. The summed E-state index contributed by atoms with van der Waals surface area (Å²) >= 11 is 0. The van der Waals surface area contributed by atoms with Crippen LogP contribution in [-0.4, -0.2) is 110 Å². The standard InChI is InChI=1S/C69H76O15/c1-47-58(73-40-51-27-13-5-14-28-51)61(76-43-54-33-19-8-20-34-54)66(81-49(3)70)69(80-47)83-62-59(74-41-52-29-15-6-16-30-52)48(2)79-68(65(62)78-45-56-37-23-10-24-38-56)84-63-60(75-42-53-31-17-7-18-32-53)57(46-72-39-50-25-11-4-12-26-50)82-67(71)64(63)77-44-55-35-21-9-22-36-55/h4-38,47-48,57-69,71H,39-46H2,1-3H3/t47-,48-,57+,58-,59-,60-,61+,62+,63-,64+,65+,66+,67+,68-,69-/m0/s1. The third kappa shape index (κ3) is 16.9. The Morgan fingerprint density at radius 2 is 0.655 bits per heavy atom. The molecule has 3 aliphatic heterocycles. The van der Waals surface area contributed by atoms with Crippen molar-refractivity contribution >= 4 is 5.97 Å². The highest BCUT2D eigenvalue weighted by molar-refractivity contribution is 5.66. The average Bonchev–Trinajstić information content (AvgIpc) is 1.77. The molecule has 0 aromatic heterocycles. The summed E-state index contributed by atoms with van der Waals surface area (Å²) in [6.07, 6.45) is -15.5. The number of ether oxygens (including phenoxy) is 13. The molecule has 84 heavy (non-hydrogen) atoms. The van der Waals surface area contributed by atoms with Crippen LogP contribution in [0, 0.1) is 0 Å². The number of hydrogen-bond donors (Lipinski definition) is 1. The fourth-order valence-corrected chi connectivity index (χ4v) is 10.8. The highest BCUT2D eigenvalue weighted by Gasteiger charge is 2.56. The molecule has 7 aromatic rings. The van der Waals surface area contributed by atoms with E-state index in [0.29, 0.717) is 0 Å². The topological polar surface area (TPSA) is 157 Å². The fourth-order valence-electron chi connectivity index (χ4n) is 10.8. The zero-order chi connectivity index (χ0) is 57.9. The molecular formula is C69H76O15. The van der Waals surface area contributed by atoms with E-state index in [-0.39, 0.29) is 52.9 Å². The Balaban J connectivity index is 1.04. The second kappa shape index (κ2) is 31.0. The molecule has 0 bridgehead atoms. The van der Waals surface area contributed by atoms with Gasteiger partial charge in [-0.05, 0) is 52.8 Å². The maximum atomic E-state index is 13.5. The van der Waals surface area contributed by atoms with E-state index in [1.807, 2.05) is 226 Å². The van der Waals surface area contributed by atoms with Crippen molar-refractivity contribution in [2.75, 3.05) is 6.61 Å². The van der Waals surface area contributed by atoms with E-state index in [1.165, 1.54) is 6.92 Å². The van der Waals surface area contributed by atoms with Crippen molar-refractivity contribution in [3.8, 4) is 0 Å². The largest absolute Gasteiger partial charge is 0.454 e. The van der Waals surface area contributed by atoms with E-state index in [1.54, 1.807) is 0 Å². The zero-order valence-electron chi connectivity index (χ0n) is 47.7. The van der Waals surface area contributed by atoms with Crippen LogP contribution in [0.5, 0.6) is 0 Å². The van der Waals surface area contributed by atoms with Crippen LogP contribution in [0.2, 0.25) is 0 Å². The Labute approximate surface area is 492 Å². The molecule has 3 fully saturated rings. The molecule has 15 nitrogen and oxygen atoms in total. The summed E-state index contributed by atoms with van der Waals surface area (Å²) in [5.41, 5.74) is 6.33. The lowest BCUT2D eigenvalue weighted by Crippen LogP contribution is -2.67. The summed E-state index contributed by atoms with van der Waals surface area (Å²) in [7, 11) is 0. The minimum Gasteiger partial charge on any atom is -0.454 e. The Morgan fingerprint density at radius 1 is 0.357 bits per heavy atom. The molecule has 442 valence electrons. The van der Waals surface area contributed by atoms with Gasteiger partial charge in [-0.3, -0.25) is 4.79 Å². The molecule has 15 atom stereocenters. The van der Waals surface area contributed by atoms with Crippen molar-refractivity contribution in [2.45, 2.75) is 159 Å². The molecule has 3 aliphatic rings. The van der Waals surface area contributed by atoms with Crippen LogP contribution in [-0.2, 0) is 113 Å². The molecule has 10 rings (SSSR count). The van der Waals surface area contributed by atoms with Gasteiger partial charge in [-0.2, -0.15) is 0 Å². The van der Waals surface area contributed by atoms with Crippen molar-refractivity contribution in [3.63, 3.8) is 0 Å². The van der Waals surface area contributed by atoms with Gasteiger partial charge in [0.1, 0.15) is 54.9 Å². The lowest BCUT2D eigenvalue weighted by atomic mass is 9.95. The van der Waals surface area contributed by atoms with Crippen molar-refractivity contribution in [3.05, 3.63) is 251 Å². The van der Waals surface area contributed by atoms with Gasteiger partial charge in [0.2, 0.25) is 0 Å². The maximum absolute atomic E-state index is 13.5. The van der Waals surface area contributed by atoms with Gasteiger partial charge in [-0.15, -0.1) is 0 Å². The van der Waals surface area contributed by atoms with Crippen LogP contribution in [0.25, 0.3) is 0 Å². The van der Waals surface area contributed by atoms with Crippen molar-refractivity contribution in [1.82, 2.24) is 0 Å². The third-order valence-electron chi connectivity index (χ3n) is 15.1. The van der Waals surface area contributed by atoms with Crippen LogP contribution in [0.15, 0.2) is 212 Å². The minimum atomic E-state index is -1.52. The van der Waals surface area contributed by atoms with Gasteiger partial charge in [0, 0.05) is 6.92 Å². The SMILES string of the molecule is CC(=O)O[C@H]1[C@H](O[C@@H]2[C@@H](OCc3ccccc3)[C@H](C)O[C@@H](O[C@@H]3[C@@H](OCc4ccccc4)[C@H](O)O[C@H](COCc4ccccc4)[C@@H]3OCc3ccccc3)[C@@H]2OCc2ccccc2)O[C@@H](C)[C@H](OCc2ccccc2)[C@H]1OCc1ccccc1. The number of esters is 1. The van der Waals surface area contributed by atoms with Crippen LogP contribution in [0.4, 0.5) is 0 Å². The molecule has 0 aliphatic carbocycles. The quantitative estimate of drug-likeness (QED) is 0.0485. The predicted molar refractivity (Wildman–Crippen MR) is 311 cm³/mol. The van der Waals surface area contributed by atoms with Gasteiger partial charge in [0.25, 0.3) is 0 Å². The van der Waals surface area contributed by atoms with Crippen molar-refractivity contribution in [1.29, 1.82) is 0 Å². The van der Waals surface area contributed by atoms with E-state index in [9.17, 15) is 9.90 Å². The first-order valence-corrected chi connectivity index (χ1v) is 28.9. The summed E-state index contributed by atoms with van der Waals surface area (Å²) in [4.78, 5) is 13.5. The molecule has 1 N–H and O–H groups in total. The van der Waals surface area contributed by atoms with Crippen LogP contribution < -0.4 is 0 Å². The number of carbonyl (C=O) groups is 1. The zero-order valence-corrected chi connectivity index (χ0v) is 47.7. The molecule has 0 radical (unpaired) electrons. The summed E-state index contributed by atoms with van der Waals surface area (Å²) in [5, 5.41) is 12.3. The monoisotopic (exact) mass is 1140 g/mol. The average molecular weight is 1150 g/mol. The summed E-state index contributed by atoms with van der Waals surface area (Å²) in [6, 6.07) is 68.4. The van der Waals surface area contributed by atoms with Crippen molar-refractivity contribution in [2.24, 2.45) is 0 Å². The molecule has 0 unspecified atom stereocenters. The first kappa shape index (κ1) is 60.6. The summed E-state index contributed by atoms with van der Waals surface area (Å²) in [5.74, 6) is -0.583. The predicted octanol–water partition coefficient (Wildman–Crippen LogP) is 10.6. The molecule has 0 amide bonds. The first-order valence-electron chi connectivity index (χ1n) is 28.9. The van der Waals surface area contributed by atoms with Crippen LogP contribution >= 0.6 is 0 Å².